The minimum Gasteiger partial charge on any atom is -0.399 e. The van der Waals surface area contributed by atoms with Crippen molar-refractivity contribution in [1.82, 2.24) is 4.72 Å². The first kappa shape index (κ1) is 16.1. The number of nitro benzene ring substituents is 1. The van der Waals surface area contributed by atoms with Crippen LogP contribution in [0.2, 0.25) is 0 Å². The highest BCUT2D eigenvalue weighted by atomic mass is 32.2. The predicted octanol–water partition coefficient (Wildman–Crippen LogP) is 1.74. The summed E-state index contributed by atoms with van der Waals surface area (Å²) in [6.45, 7) is 0.286. The fourth-order valence-corrected chi connectivity index (χ4v) is 4.73. The Bertz CT molecular complexity index is 627. The number of hydrogen-bond acceptors (Lipinski definition) is 6. The number of nitrogens with one attached hydrogen (secondary N) is 1. The van der Waals surface area contributed by atoms with Crippen LogP contribution in [0.3, 0.4) is 0 Å². The summed E-state index contributed by atoms with van der Waals surface area (Å²) < 4.78 is 27.0. The van der Waals surface area contributed by atoms with Crippen molar-refractivity contribution in [2.24, 2.45) is 0 Å². The number of rotatable bonds is 5. The highest BCUT2D eigenvalue weighted by Crippen LogP contribution is 2.27. The van der Waals surface area contributed by atoms with Crippen LogP contribution in [0.25, 0.3) is 0 Å². The molecule has 21 heavy (non-hydrogen) atoms. The Balaban J connectivity index is 2.17. The van der Waals surface area contributed by atoms with Gasteiger partial charge in [-0.15, -0.1) is 0 Å². The van der Waals surface area contributed by atoms with Gasteiger partial charge in [-0.3, -0.25) is 10.1 Å². The summed E-state index contributed by atoms with van der Waals surface area (Å²) in [7, 11) is -3.91. The third-order valence-corrected chi connectivity index (χ3v) is 6.11. The predicted molar refractivity (Wildman–Crippen MR) is 82.8 cm³/mol. The lowest BCUT2D eigenvalue weighted by Crippen LogP contribution is -2.32. The standard InChI is InChI=1S/C12H17N3O4S2/c13-9-4-5-12(11(7-9)15(16)17)21(18,19)14-8-10-3-1-2-6-20-10/h4-5,7,10,14H,1-3,6,8,13H2. The van der Waals surface area contributed by atoms with Crippen LogP contribution >= 0.6 is 11.8 Å². The van der Waals surface area contributed by atoms with Crippen LogP contribution in [0.15, 0.2) is 23.1 Å². The lowest BCUT2D eigenvalue weighted by molar-refractivity contribution is -0.387. The molecule has 1 aromatic carbocycles. The van der Waals surface area contributed by atoms with Gasteiger partial charge in [0, 0.05) is 23.5 Å². The van der Waals surface area contributed by atoms with Crippen molar-refractivity contribution in [2.45, 2.75) is 29.4 Å². The van der Waals surface area contributed by atoms with Crippen molar-refractivity contribution in [3.63, 3.8) is 0 Å². The Kier molecular flexibility index (Phi) is 5.07. The molecule has 0 radical (unpaired) electrons. The minimum atomic E-state index is -3.91. The van der Waals surface area contributed by atoms with Gasteiger partial charge in [-0.25, -0.2) is 13.1 Å². The van der Waals surface area contributed by atoms with Gasteiger partial charge in [0.15, 0.2) is 4.90 Å². The molecule has 0 spiro atoms. The highest BCUT2D eigenvalue weighted by molar-refractivity contribution is 8.00. The molecule has 9 heteroatoms. The average molecular weight is 331 g/mol. The van der Waals surface area contributed by atoms with Gasteiger partial charge < -0.3 is 5.73 Å². The Labute approximate surface area is 127 Å². The molecule has 7 nitrogen and oxygen atoms in total. The lowest BCUT2D eigenvalue weighted by Gasteiger charge is -2.21. The summed E-state index contributed by atoms with van der Waals surface area (Å²) in [5.41, 5.74) is 5.13. The van der Waals surface area contributed by atoms with E-state index in [0.29, 0.717) is 0 Å². The lowest BCUT2D eigenvalue weighted by atomic mass is 10.2. The van der Waals surface area contributed by atoms with Crippen molar-refractivity contribution in [3.05, 3.63) is 28.3 Å². The fraction of sp³-hybridized carbons (Fsp3) is 0.500. The molecule has 1 atom stereocenters. The van der Waals surface area contributed by atoms with Crippen LogP contribution in [0.1, 0.15) is 19.3 Å². The second-order valence-electron chi connectivity index (χ2n) is 4.82. The molecule has 1 aliphatic rings. The maximum Gasteiger partial charge on any atom is 0.291 e. The minimum absolute atomic E-state index is 0.156. The molecule has 2 rings (SSSR count). The van der Waals surface area contributed by atoms with Crippen molar-refractivity contribution in [2.75, 3.05) is 18.0 Å². The van der Waals surface area contributed by atoms with E-state index >= 15 is 0 Å². The molecular formula is C12H17N3O4S2. The van der Waals surface area contributed by atoms with Crippen LogP contribution in [0.4, 0.5) is 11.4 Å². The monoisotopic (exact) mass is 331 g/mol. The summed E-state index contributed by atoms with van der Waals surface area (Å²) in [5.74, 6) is 1.02. The molecule has 1 aliphatic heterocycles. The zero-order valence-electron chi connectivity index (χ0n) is 11.3. The van der Waals surface area contributed by atoms with Gasteiger partial charge in [-0.05, 0) is 30.7 Å². The van der Waals surface area contributed by atoms with Crippen LogP contribution in [0.5, 0.6) is 0 Å². The maximum atomic E-state index is 12.2. The molecule has 0 bridgehead atoms. The van der Waals surface area contributed by atoms with Gasteiger partial charge in [0.2, 0.25) is 10.0 Å². The van der Waals surface area contributed by atoms with Crippen molar-refractivity contribution in [1.29, 1.82) is 0 Å². The van der Waals surface area contributed by atoms with E-state index in [1.807, 2.05) is 0 Å². The molecule has 0 aliphatic carbocycles. The number of hydrogen-bond donors (Lipinski definition) is 2. The van der Waals surface area contributed by atoms with E-state index in [9.17, 15) is 18.5 Å². The third kappa shape index (κ3) is 4.08. The summed E-state index contributed by atoms with van der Waals surface area (Å²) in [6, 6.07) is 3.57. The van der Waals surface area contributed by atoms with E-state index < -0.39 is 20.6 Å². The molecule has 0 amide bonds. The highest BCUT2D eigenvalue weighted by Gasteiger charge is 2.27. The number of sulfonamides is 1. The quantitative estimate of drug-likeness (QED) is 0.482. The molecular weight excluding hydrogens is 314 g/mol. The molecule has 116 valence electrons. The number of nitrogen functional groups attached to an aromatic ring is 1. The third-order valence-electron chi connectivity index (χ3n) is 3.24. The molecule has 1 unspecified atom stereocenters. The SMILES string of the molecule is Nc1ccc(S(=O)(=O)NCC2CCCCS2)c([N+](=O)[O-])c1. The van der Waals surface area contributed by atoms with E-state index in [2.05, 4.69) is 4.72 Å². The van der Waals surface area contributed by atoms with E-state index in [1.54, 1.807) is 11.8 Å². The first-order valence-corrected chi connectivity index (χ1v) is 9.08. The number of nitro groups is 1. The summed E-state index contributed by atoms with van der Waals surface area (Å²) in [4.78, 5) is 9.90. The van der Waals surface area contributed by atoms with Gasteiger partial charge in [0.1, 0.15) is 0 Å². The van der Waals surface area contributed by atoms with Crippen molar-refractivity contribution >= 4 is 33.2 Å². The Morgan fingerprint density at radius 2 is 2.19 bits per heavy atom. The molecule has 0 saturated carbocycles. The number of nitrogens with zero attached hydrogens (tertiary/aromatic N) is 1. The number of nitrogens with two attached hydrogens (primary N) is 1. The summed E-state index contributed by atoms with van der Waals surface area (Å²) >= 11 is 1.73. The second kappa shape index (κ2) is 6.63. The average Bonchev–Trinajstić information content (AvgIpc) is 2.46. The van der Waals surface area contributed by atoms with E-state index in [0.717, 1.165) is 31.1 Å². The first-order valence-electron chi connectivity index (χ1n) is 6.55. The van der Waals surface area contributed by atoms with Crippen LogP contribution in [-0.4, -0.2) is 30.9 Å². The molecule has 3 N–H and O–H groups in total. The smallest absolute Gasteiger partial charge is 0.291 e. The maximum absolute atomic E-state index is 12.2. The second-order valence-corrected chi connectivity index (χ2v) is 7.97. The van der Waals surface area contributed by atoms with Gasteiger partial charge in [0.05, 0.1) is 4.92 Å². The molecule has 1 aromatic rings. The largest absolute Gasteiger partial charge is 0.399 e. The Morgan fingerprint density at radius 1 is 1.43 bits per heavy atom. The Hall–Kier alpha value is -1.32. The Morgan fingerprint density at radius 3 is 2.81 bits per heavy atom. The summed E-state index contributed by atoms with van der Waals surface area (Å²) in [6.07, 6.45) is 3.19. The normalized spacial score (nSPS) is 19.3. The fourth-order valence-electron chi connectivity index (χ4n) is 2.15. The van der Waals surface area contributed by atoms with E-state index in [-0.39, 0.29) is 22.4 Å². The van der Waals surface area contributed by atoms with Gasteiger partial charge in [-0.2, -0.15) is 11.8 Å². The summed E-state index contributed by atoms with van der Waals surface area (Å²) in [5, 5.41) is 11.2. The van der Waals surface area contributed by atoms with Gasteiger partial charge in [0.25, 0.3) is 5.69 Å². The van der Waals surface area contributed by atoms with Crippen LogP contribution < -0.4 is 10.5 Å². The van der Waals surface area contributed by atoms with Crippen molar-refractivity contribution in [3.8, 4) is 0 Å². The number of benzene rings is 1. The molecule has 1 saturated heterocycles. The topological polar surface area (TPSA) is 115 Å². The molecule has 1 heterocycles. The van der Waals surface area contributed by atoms with Gasteiger partial charge >= 0.3 is 0 Å². The zero-order chi connectivity index (χ0) is 15.5. The number of anilines is 1. The zero-order valence-corrected chi connectivity index (χ0v) is 13.0. The first-order chi connectivity index (χ1) is 9.90. The van der Waals surface area contributed by atoms with Crippen molar-refractivity contribution < 1.29 is 13.3 Å². The van der Waals surface area contributed by atoms with E-state index in [4.69, 9.17) is 5.73 Å². The molecule has 1 fully saturated rings. The molecule has 0 aromatic heterocycles. The van der Waals surface area contributed by atoms with Gasteiger partial charge in [-0.1, -0.05) is 6.42 Å². The van der Waals surface area contributed by atoms with Crippen LogP contribution in [0, 0.1) is 10.1 Å². The van der Waals surface area contributed by atoms with E-state index in [1.165, 1.54) is 12.1 Å². The van der Waals surface area contributed by atoms with Crippen LogP contribution in [-0.2, 0) is 10.0 Å². The number of thioether (sulfide) groups is 1.